The summed E-state index contributed by atoms with van der Waals surface area (Å²) in [5, 5.41) is 32.8. The van der Waals surface area contributed by atoms with Crippen molar-refractivity contribution in [1.29, 1.82) is 0 Å². The number of aliphatic imine (C=N–C) groups is 1. The summed E-state index contributed by atoms with van der Waals surface area (Å²) < 4.78 is 1.16. The molecule has 8 heteroatoms. The van der Waals surface area contributed by atoms with Gasteiger partial charge in [-0.05, 0) is 30.0 Å². The number of hydrogen-bond acceptors (Lipinski definition) is 5. The topological polar surface area (TPSA) is 107 Å². The van der Waals surface area contributed by atoms with Gasteiger partial charge in [-0.15, -0.1) is 0 Å². The van der Waals surface area contributed by atoms with Crippen molar-refractivity contribution in [2.24, 2.45) is 4.99 Å². The molecule has 2 rings (SSSR count). The molecule has 1 aromatic carbocycles. The van der Waals surface area contributed by atoms with Crippen LogP contribution in [0.25, 0.3) is 5.69 Å². The van der Waals surface area contributed by atoms with E-state index >= 15 is 0 Å². The van der Waals surface area contributed by atoms with Crippen LogP contribution in [0.2, 0.25) is 0 Å². The van der Waals surface area contributed by atoms with Crippen molar-refractivity contribution in [3.63, 3.8) is 0 Å². The molecular weight excluding hydrogens is 306 g/mol. The summed E-state index contributed by atoms with van der Waals surface area (Å²) >= 11 is 1.15. The first-order valence-corrected chi connectivity index (χ1v) is 7.09. The quantitative estimate of drug-likeness (QED) is 0.391. The number of hydrogen-bond donors (Lipinski definition) is 4. The van der Waals surface area contributed by atoms with Crippen molar-refractivity contribution >= 4 is 22.9 Å². The normalized spacial score (nSPS) is 11.5. The Morgan fingerprint density at radius 2 is 2.05 bits per heavy atom. The molecule has 7 nitrogen and oxygen atoms in total. The lowest BCUT2D eigenvalue weighted by Crippen LogP contribution is -2.13. The molecule has 1 heterocycles. The van der Waals surface area contributed by atoms with Gasteiger partial charge in [0.25, 0.3) is 0 Å². The number of nitrogens with one attached hydrogen (secondary N) is 1. The second-order valence-electron chi connectivity index (χ2n) is 4.26. The van der Waals surface area contributed by atoms with Gasteiger partial charge in [0.15, 0.2) is 11.0 Å². The predicted octanol–water partition coefficient (Wildman–Crippen LogP) is 1.88. The van der Waals surface area contributed by atoms with E-state index in [1.165, 1.54) is 24.3 Å². The third-order valence-electron chi connectivity index (χ3n) is 2.90. The first kappa shape index (κ1) is 15.8. The number of amidine groups is 1. The lowest BCUT2D eigenvalue weighted by Gasteiger charge is -2.08. The highest BCUT2D eigenvalue weighted by atomic mass is 32.2. The molecule has 0 radical (unpaired) electrons. The van der Waals surface area contributed by atoms with Crippen molar-refractivity contribution in [2.75, 3.05) is 14.1 Å². The maximum atomic E-state index is 11.0. The Labute approximate surface area is 130 Å². The van der Waals surface area contributed by atoms with Gasteiger partial charge in [0, 0.05) is 20.2 Å². The largest absolute Gasteiger partial charge is 0.494 e. The van der Waals surface area contributed by atoms with E-state index < -0.39 is 5.97 Å². The van der Waals surface area contributed by atoms with Crippen LogP contribution < -0.4 is 5.32 Å². The minimum Gasteiger partial charge on any atom is -0.494 e. The number of aromatic carboxylic acids is 1. The molecule has 1 aromatic heterocycles. The number of carboxylic acid groups (broad SMARTS) is 1. The van der Waals surface area contributed by atoms with Gasteiger partial charge in [0.05, 0.1) is 16.1 Å². The van der Waals surface area contributed by atoms with E-state index in [9.17, 15) is 15.0 Å². The second-order valence-corrected chi connectivity index (χ2v) is 5.29. The number of nitrogens with zero attached hydrogens (tertiary/aromatic N) is 2. The predicted molar refractivity (Wildman–Crippen MR) is 84.3 cm³/mol. The van der Waals surface area contributed by atoms with Crippen molar-refractivity contribution in [2.45, 2.75) is 4.90 Å². The van der Waals surface area contributed by atoms with Crippen LogP contribution in [0, 0.1) is 0 Å². The summed E-state index contributed by atoms with van der Waals surface area (Å²) in [5.74, 6) is -1.48. The Kier molecular flexibility index (Phi) is 4.62. The highest BCUT2D eigenvalue weighted by molar-refractivity contribution is 8.14. The summed E-state index contributed by atoms with van der Waals surface area (Å²) in [6.07, 6.45) is 0. The summed E-state index contributed by atoms with van der Waals surface area (Å²) in [6, 6.07) is 7.31. The zero-order valence-electron chi connectivity index (χ0n) is 11.9. The summed E-state index contributed by atoms with van der Waals surface area (Å²) in [4.78, 5) is 15.4. The Morgan fingerprint density at radius 1 is 1.32 bits per heavy atom. The number of thioether (sulfide) groups is 1. The monoisotopic (exact) mass is 321 g/mol. The van der Waals surface area contributed by atoms with Crippen LogP contribution in [0.5, 0.6) is 11.8 Å². The number of carbonyl (C=O) groups is 1. The zero-order valence-corrected chi connectivity index (χ0v) is 12.8. The average molecular weight is 321 g/mol. The van der Waals surface area contributed by atoms with E-state index in [1.54, 1.807) is 20.2 Å². The van der Waals surface area contributed by atoms with Gasteiger partial charge in [-0.3, -0.25) is 9.56 Å². The molecule has 0 aliphatic rings. The number of carboxylic acids is 1. The van der Waals surface area contributed by atoms with Crippen LogP contribution in [0.3, 0.4) is 0 Å². The molecule has 0 saturated heterocycles. The van der Waals surface area contributed by atoms with Gasteiger partial charge in [0.1, 0.15) is 0 Å². The van der Waals surface area contributed by atoms with Gasteiger partial charge >= 0.3 is 5.97 Å². The van der Waals surface area contributed by atoms with E-state index in [4.69, 9.17) is 5.11 Å². The summed E-state index contributed by atoms with van der Waals surface area (Å²) in [5.41, 5.74) is 0.409. The molecule has 22 heavy (non-hydrogen) atoms. The van der Waals surface area contributed by atoms with Crippen LogP contribution >= 0.6 is 11.8 Å². The van der Waals surface area contributed by atoms with Crippen molar-refractivity contribution in [3.8, 4) is 17.4 Å². The van der Waals surface area contributed by atoms with E-state index in [-0.39, 0.29) is 17.3 Å². The maximum absolute atomic E-state index is 11.0. The zero-order chi connectivity index (χ0) is 16.3. The number of benzene rings is 1. The molecular formula is C14H15N3O4S. The number of rotatable bonds is 3. The van der Waals surface area contributed by atoms with Gasteiger partial charge in [0.2, 0.25) is 5.88 Å². The fourth-order valence-corrected chi connectivity index (χ4v) is 2.63. The van der Waals surface area contributed by atoms with Crippen LogP contribution in [-0.4, -0.2) is 45.1 Å². The molecule has 2 aromatic rings. The van der Waals surface area contributed by atoms with Crippen LogP contribution in [-0.2, 0) is 0 Å². The molecule has 116 valence electrons. The smallest absolute Gasteiger partial charge is 0.335 e. The molecule has 0 spiro atoms. The molecule has 0 aliphatic carbocycles. The van der Waals surface area contributed by atoms with Gasteiger partial charge in [-0.25, -0.2) is 4.79 Å². The average Bonchev–Trinajstić information content (AvgIpc) is 2.79. The lowest BCUT2D eigenvalue weighted by atomic mass is 10.2. The minimum absolute atomic E-state index is 0.0604. The Bertz CT molecular complexity index is 740. The molecule has 4 N–H and O–H groups in total. The Hall–Kier alpha value is -2.61. The summed E-state index contributed by atoms with van der Waals surface area (Å²) in [7, 11) is 3.29. The second kappa shape index (κ2) is 6.44. The highest BCUT2D eigenvalue weighted by Gasteiger charge is 2.18. The third kappa shape index (κ3) is 3.01. The molecule has 0 aliphatic heterocycles. The molecule has 0 fully saturated rings. The minimum atomic E-state index is -1.09. The Balaban J connectivity index is 2.47. The molecule has 0 atom stereocenters. The van der Waals surface area contributed by atoms with E-state index in [0.717, 1.165) is 16.3 Å². The van der Waals surface area contributed by atoms with Gasteiger partial charge in [-0.2, -0.15) is 0 Å². The lowest BCUT2D eigenvalue weighted by molar-refractivity contribution is 0.0696. The van der Waals surface area contributed by atoms with Crippen molar-refractivity contribution < 1.29 is 20.1 Å². The Morgan fingerprint density at radius 3 is 2.64 bits per heavy atom. The fraction of sp³-hybridized carbons (Fsp3) is 0.143. The van der Waals surface area contributed by atoms with Gasteiger partial charge < -0.3 is 20.6 Å². The first-order valence-electron chi connectivity index (χ1n) is 6.27. The highest BCUT2D eigenvalue weighted by Crippen LogP contribution is 2.38. The standard InChI is InChI=1S/C14H15N3O4S/c1-15-14(16-2)22-10-7-11(18)17(12(10)19)9-5-3-4-8(6-9)13(20)21/h3-7,18-19H,1-2H3,(H,15,16)(H,20,21). The van der Waals surface area contributed by atoms with Crippen molar-refractivity contribution in [1.82, 2.24) is 9.88 Å². The van der Waals surface area contributed by atoms with Crippen LogP contribution in [0.4, 0.5) is 0 Å². The number of aromatic nitrogens is 1. The first-order chi connectivity index (χ1) is 10.5. The van der Waals surface area contributed by atoms with Crippen LogP contribution in [0.1, 0.15) is 10.4 Å². The molecule has 0 amide bonds. The fourth-order valence-electron chi connectivity index (χ4n) is 1.89. The van der Waals surface area contributed by atoms with Crippen molar-refractivity contribution in [3.05, 3.63) is 35.9 Å². The maximum Gasteiger partial charge on any atom is 0.335 e. The molecule has 0 unspecified atom stereocenters. The van der Waals surface area contributed by atoms with E-state index in [1.807, 2.05) is 0 Å². The molecule has 0 saturated carbocycles. The summed E-state index contributed by atoms with van der Waals surface area (Å²) in [6.45, 7) is 0. The molecule has 0 bridgehead atoms. The van der Waals surface area contributed by atoms with E-state index in [2.05, 4.69) is 10.3 Å². The van der Waals surface area contributed by atoms with Gasteiger partial charge in [-0.1, -0.05) is 6.07 Å². The van der Waals surface area contributed by atoms with E-state index in [0.29, 0.717) is 15.8 Å². The van der Waals surface area contributed by atoms with Crippen LogP contribution in [0.15, 0.2) is 40.2 Å². The number of aromatic hydroxyl groups is 2. The third-order valence-corrected chi connectivity index (χ3v) is 4.00. The SMILES string of the molecule is CN=C(NC)Sc1cc(O)n(-c2cccc(C(=O)O)c2)c1O.